The molecule has 0 aromatic heterocycles. The van der Waals surface area contributed by atoms with Crippen LogP contribution in [0.5, 0.6) is 0 Å². The van der Waals surface area contributed by atoms with Crippen LogP contribution in [-0.4, -0.2) is 96.7 Å². The number of hydrogen-bond acceptors (Lipinski definition) is 15. The van der Waals surface area contributed by atoms with E-state index in [0.29, 0.717) is 25.7 Å². The van der Waals surface area contributed by atoms with Crippen molar-refractivity contribution in [3.63, 3.8) is 0 Å². The fraction of sp³-hybridized carbons (Fsp3) is 0.678. The van der Waals surface area contributed by atoms with E-state index in [1.54, 1.807) is 0 Å². The van der Waals surface area contributed by atoms with Crippen LogP contribution in [0, 0.1) is 0 Å². The molecule has 106 heavy (non-hydrogen) atoms. The number of esters is 4. The monoisotopic (exact) mass is 1530 g/mol. The van der Waals surface area contributed by atoms with Crippen LogP contribution in [-0.2, 0) is 65.4 Å². The smallest absolute Gasteiger partial charge is 0.462 e. The summed E-state index contributed by atoms with van der Waals surface area (Å²) >= 11 is 0. The van der Waals surface area contributed by atoms with E-state index in [1.165, 1.54) is 38.5 Å². The molecule has 0 radical (unpaired) electrons. The average Bonchev–Trinajstić information content (AvgIpc) is 0.909. The molecule has 3 N–H and O–H groups in total. The third kappa shape index (κ3) is 77.1. The number of unbranched alkanes of at least 4 members (excludes halogenated alkanes) is 26. The molecule has 17 nitrogen and oxygen atoms in total. The van der Waals surface area contributed by atoms with Gasteiger partial charge in [0.25, 0.3) is 0 Å². The Morgan fingerprint density at radius 3 is 0.764 bits per heavy atom. The van der Waals surface area contributed by atoms with Gasteiger partial charge < -0.3 is 33.8 Å². The highest BCUT2D eigenvalue weighted by atomic mass is 31.2. The molecule has 0 saturated carbocycles. The number of carbonyl (C=O) groups excluding carboxylic acids is 4. The summed E-state index contributed by atoms with van der Waals surface area (Å²) in [5.41, 5.74) is 0. The van der Waals surface area contributed by atoms with Gasteiger partial charge in [0.15, 0.2) is 12.2 Å². The van der Waals surface area contributed by atoms with Gasteiger partial charge in [0.05, 0.1) is 26.4 Å². The molecule has 5 atom stereocenters. The van der Waals surface area contributed by atoms with E-state index in [1.807, 2.05) is 0 Å². The predicted octanol–water partition coefficient (Wildman–Crippen LogP) is 24.2. The third-order valence-electron chi connectivity index (χ3n) is 16.8. The Bertz CT molecular complexity index is 2580. The number of phosphoric ester groups is 2. The number of ether oxygens (including phenoxy) is 4. The quantitative estimate of drug-likeness (QED) is 0.0169. The molecule has 0 saturated heterocycles. The molecule has 0 heterocycles. The highest BCUT2D eigenvalue weighted by Crippen LogP contribution is 2.45. The van der Waals surface area contributed by atoms with Crippen LogP contribution >= 0.6 is 15.6 Å². The first kappa shape index (κ1) is 101. The zero-order valence-electron chi connectivity index (χ0n) is 66.3. The summed E-state index contributed by atoms with van der Waals surface area (Å²) in [4.78, 5) is 73.1. The van der Waals surface area contributed by atoms with E-state index in [0.717, 1.165) is 205 Å². The average molecular weight is 1530 g/mol. The van der Waals surface area contributed by atoms with Crippen molar-refractivity contribution in [2.45, 2.75) is 341 Å². The first-order valence-corrected chi connectivity index (χ1v) is 44.1. The standard InChI is InChI=1S/C87H146O17P2/c1-5-9-13-17-21-25-29-33-37-39-40-42-46-48-52-56-60-64-68-72-85(90)98-78-83(104-87(92)74-70-66-62-58-54-50-44-36-32-28-24-20-16-12-8-4)80-102-106(95,96)100-76-81(88)75-99-105(93,94)101-79-82(103-86(91)73-69-65-61-57-53-49-43-35-31-27-23-19-15-11-7-3)77-97-84(89)71-67-63-59-55-51-47-45-41-38-34-30-26-22-18-14-10-6-2/h9-10,13-14,21-28,33-38,40,42-44,48,52,81-83,88H,5-8,11-12,15-20,29-32,39,41,45-47,49-51,53-80H2,1-4H3,(H,93,94)(H,95,96)/b13-9-,14-10-,25-21-,26-22-,27-23-,28-24-,37-33-,38-34-,42-40-,43-35-,44-36-,52-48-. The Balaban J connectivity index is 5.43. The highest BCUT2D eigenvalue weighted by molar-refractivity contribution is 7.47. The highest BCUT2D eigenvalue weighted by Gasteiger charge is 2.30. The summed E-state index contributed by atoms with van der Waals surface area (Å²) in [7, 11) is -9.99. The van der Waals surface area contributed by atoms with Gasteiger partial charge >= 0.3 is 39.5 Å². The van der Waals surface area contributed by atoms with Crippen LogP contribution in [0.25, 0.3) is 0 Å². The van der Waals surface area contributed by atoms with Crippen LogP contribution in [0.15, 0.2) is 146 Å². The van der Waals surface area contributed by atoms with Crippen LogP contribution in [0.1, 0.15) is 323 Å². The van der Waals surface area contributed by atoms with Crippen molar-refractivity contribution in [1.29, 1.82) is 0 Å². The summed E-state index contributed by atoms with van der Waals surface area (Å²) in [5, 5.41) is 10.7. The van der Waals surface area contributed by atoms with Gasteiger partial charge in [0, 0.05) is 25.7 Å². The third-order valence-corrected chi connectivity index (χ3v) is 18.7. The molecule has 0 bridgehead atoms. The van der Waals surface area contributed by atoms with Crippen molar-refractivity contribution in [1.82, 2.24) is 0 Å². The Morgan fingerprint density at radius 1 is 0.274 bits per heavy atom. The molecule has 0 aliphatic rings. The number of aliphatic hydroxyl groups excluding tert-OH is 1. The Morgan fingerprint density at radius 2 is 0.491 bits per heavy atom. The minimum atomic E-state index is -5.00. The zero-order valence-corrected chi connectivity index (χ0v) is 68.1. The van der Waals surface area contributed by atoms with Crippen LogP contribution in [0.2, 0.25) is 0 Å². The maximum Gasteiger partial charge on any atom is 0.472 e. The molecule has 0 aromatic rings. The lowest BCUT2D eigenvalue weighted by Gasteiger charge is -2.21. The van der Waals surface area contributed by atoms with Gasteiger partial charge in [-0.2, -0.15) is 0 Å². The lowest BCUT2D eigenvalue weighted by Crippen LogP contribution is -2.30. The molecule has 0 rings (SSSR count). The van der Waals surface area contributed by atoms with Gasteiger partial charge in [-0.05, 0) is 167 Å². The molecule has 606 valence electrons. The number of carbonyl (C=O) groups is 4. The Hall–Kier alpha value is -5.06. The van der Waals surface area contributed by atoms with Gasteiger partial charge in [-0.1, -0.05) is 276 Å². The number of aliphatic hydroxyl groups is 1. The number of phosphoric acid groups is 2. The molecular weight excluding hydrogens is 1380 g/mol. The van der Waals surface area contributed by atoms with Crippen molar-refractivity contribution in [3.8, 4) is 0 Å². The number of allylic oxidation sites excluding steroid dienone is 24. The molecule has 19 heteroatoms. The van der Waals surface area contributed by atoms with E-state index in [9.17, 15) is 43.2 Å². The number of hydrogen-bond donors (Lipinski definition) is 3. The van der Waals surface area contributed by atoms with Crippen molar-refractivity contribution in [2.24, 2.45) is 0 Å². The Kier molecular flexibility index (Phi) is 74.3. The van der Waals surface area contributed by atoms with E-state index in [2.05, 4.69) is 174 Å². The second-order valence-electron chi connectivity index (χ2n) is 26.9. The molecule has 0 aliphatic heterocycles. The van der Waals surface area contributed by atoms with Gasteiger partial charge in [-0.3, -0.25) is 37.3 Å². The van der Waals surface area contributed by atoms with Crippen LogP contribution in [0.4, 0.5) is 0 Å². The fourth-order valence-corrected chi connectivity index (χ4v) is 12.1. The molecule has 0 spiro atoms. The van der Waals surface area contributed by atoms with Gasteiger partial charge in [-0.15, -0.1) is 0 Å². The van der Waals surface area contributed by atoms with E-state index >= 15 is 0 Å². The summed E-state index contributed by atoms with van der Waals surface area (Å²) in [6.45, 7) is 4.53. The van der Waals surface area contributed by atoms with E-state index in [-0.39, 0.29) is 25.7 Å². The van der Waals surface area contributed by atoms with Gasteiger partial charge in [0.1, 0.15) is 19.3 Å². The molecular formula is C87H146O17P2. The maximum absolute atomic E-state index is 13.1. The van der Waals surface area contributed by atoms with Crippen molar-refractivity contribution < 1.29 is 80.2 Å². The second-order valence-corrected chi connectivity index (χ2v) is 29.8. The van der Waals surface area contributed by atoms with Crippen molar-refractivity contribution in [3.05, 3.63) is 146 Å². The molecule has 0 aromatic carbocycles. The van der Waals surface area contributed by atoms with Gasteiger partial charge in [0.2, 0.25) is 0 Å². The van der Waals surface area contributed by atoms with Crippen LogP contribution < -0.4 is 0 Å². The van der Waals surface area contributed by atoms with Gasteiger partial charge in [-0.25, -0.2) is 9.13 Å². The molecule has 5 unspecified atom stereocenters. The minimum Gasteiger partial charge on any atom is -0.462 e. The maximum atomic E-state index is 13.1. The first-order chi connectivity index (χ1) is 51.7. The molecule has 0 aliphatic carbocycles. The zero-order chi connectivity index (χ0) is 77.4. The summed E-state index contributed by atoms with van der Waals surface area (Å²) < 4.78 is 68.7. The number of rotatable bonds is 76. The second kappa shape index (κ2) is 78.1. The minimum absolute atomic E-state index is 0.0672. The Labute approximate surface area is 643 Å². The topological polar surface area (TPSA) is 237 Å². The molecule has 0 amide bonds. The lowest BCUT2D eigenvalue weighted by atomic mass is 10.1. The fourth-order valence-electron chi connectivity index (χ4n) is 10.6. The summed E-state index contributed by atoms with van der Waals surface area (Å²) in [5.74, 6) is -2.25. The van der Waals surface area contributed by atoms with E-state index in [4.69, 9.17) is 37.0 Å². The van der Waals surface area contributed by atoms with E-state index < -0.39 is 97.5 Å². The van der Waals surface area contributed by atoms with Crippen molar-refractivity contribution in [2.75, 3.05) is 39.6 Å². The van der Waals surface area contributed by atoms with Crippen LogP contribution in [0.3, 0.4) is 0 Å². The summed E-state index contributed by atoms with van der Waals surface area (Å²) in [6.07, 6.45) is 89.5. The summed E-state index contributed by atoms with van der Waals surface area (Å²) in [6, 6.07) is 0. The predicted molar refractivity (Wildman–Crippen MR) is 436 cm³/mol. The molecule has 0 fully saturated rings. The largest absolute Gasteiger partial charge is 0.472 e. The van der Waals surface area contributed by atoms with Crippen molar-refractivity contribution >= 4 is 39.5 Å². The first-order valence-electron chi connectivity index (χ1n) is 41.1. The lowest BCUT2D eigenvalue weighted by molar-refractivity contribution is -0.161. The normalized spacial score (nSPS) is 14.6. The SMILES string of the molecule is CC/C=C\C/C=C\C/C=C\C/C=C\C/C=C\CCCCCC(=O)OCC(COP(=O)(O)OCC(O)COP(=O)(O)OCC(COC(=O)CCCCCCCCC/C=C\C/C=C\C/C=C\CC)OC(=O)CCCCCCC/C=C\C/C=C\CCCCC)OC(=O)CCCCCCC/C=C\C/C=C\CCCCC.